The zero-order valence-electron chi connectivity index (χ0n) is 20.8. The van der Waals surface area contributed by atoms with E-state index < -0.39 is 6.04 Å². The largest absolute Gasteiger partial charge is 0.493 e. The number of amides is 2. The Balaban J connectivity index is 1.15. The molecule has 3 heterocycles. The molecule has 1 aliphatic carbocycles. The summed E-state index contributed by atoms with van der Waals surface area (Å²) >= 11 is 0. The van der Waals surface area contributed by atoms with E-state index >= 15 is 0 Å². The maximum atomic E-state index is 13.1. The van der Waals surface area contributed by atoms with E-state index in [9.17, 15) is 9.59 Å². The topological polar surface area (TPSA) is 70.7 Å². The summed E-state index contributed by atoms with van der Waals surface area (Å²) < 4.78 is 5.88. The van der Waals surface area contributed by atoms with Gasteiger partial charge >= 0.3 is 0 Å². The van der Waals surface area contributed by atoms with Crippen LogP contribution in [0.25, 0.3) is 0 Å². The highest BCUT2D eigenvalue weighted by atomic mass is 16.5. The molecule has 4 aliphatic rings. The lowest BCUT2D eigenvalue weighted by molar-refractivity contribution is -0.126. The van der Waals surface area contributed by atoms with Crippen molar-refractivity contribution in [2.24, 2.45) is 5.92 Å². The molecule has 188 valence electrons. The second-order valence-electron chi connectivity index (χ2n) is 10.8. The van der Waals surface area contributed by atoms with Gasteiger partial charge in [-0.25, -0.2) is 0 Å². The molecule has 0 spiro atoms. The van der Waals surface area contributed by atoms with E-state index in [0.29, 0.717) is 31.0 Å². The lowest BCUT2D eigenvalue weighted by Gasteiger charge is -2.37. The van der Waals surface area contributed by atoms with E-state index in [2.05, 4.69) is 47.5 Å². The van der Waals surface area contributed by atoms with Crippen LogP contribution < -0.4 is 15.4 Å². The minimum Gasteiger partial charge on any atom is -0.493 e. The Labute approximate surface area is 213 Å². The van der Waals surface area contributed by atoms with Gasteiger partial charge in [-0.2, -0.15) is 0 Å². The lowest BCUT2D eigenvalue weighted by Crippen LogP contribution is -2.49. The van der Waals surface area contributed by atoms with Crippen molar-refractivity contribution in [1.82, 2.24) is 15.5 Å². The molecule has 1 saturated carbocycles. The molecule has 2 aromatic carbocycles. The monoisotopic (exact) mass is 485 g/mol. The highest BCUT2D eigenvalue weighted by molar-refractivity contribution is 6.01. The van der Waals surface area contributed by atoms with Gasteiger partial charge in [-0.15, -0.1) is 0 Å². The Morgan fingerprint density at radius 2 is 1.92 bits per heavy atom. The predicted octanol–water partition coefficient (Wildman–Crippen LogP) is 4.65. The van der Waals surface area contributed by atoms with Crippen LogP contribution in [0.4, 0.5) is 0 Å². The first kappa shape index (κ1) is 23.3. The maximum absolute atomic E-state index is 13.1. The second-order valence-corrected chi connectivity index (χ2v) is 10.8. The van der Waals surface area contributed by atoms with Gasteiger partial charge in [-0.05, 0) is 61.3 Å². The van der Waals surface area contributed by atoms with Crippen LogP contribution in [-0.4, -0.2) is 35.4 Å². The van der Waals surface area contributed by atoms with Crippen molar-refractivity contribution in [3.8, 4) is 5.75 Å². The van der Waals surface area contributed by atoms with Crippen molar-refractivity contribution >= 4 is 11.8 Å². The Hall–Kier alpha value is -3.12. The van der Waals surface area contributed by atoms with Crippen LogP contribution in [0.3, 0.4) is 0 Å². The third-order valence-corrected chi connectivity index (χ3v) is 8.48. The SMILES string of the molecule is C=C1CCC(N2Cc3cc(C[C@H]4CCCC[C@@H]4NC4CCOc5ccccc54)ccc3C2=O)C(=O)N1. The van der Waals surface area contributed by atoms with E-state index in [-0.39, 0.29) is 11.8 Å². The third-order valence-electron chi connectivity index (χ3n) is 8.48. The third kappa shape index (κ3) is 4.43. The Bertz CT molecular complexity index is 1190. The van der Waals surface area contributed by atoms with E-state index in [1.165, 1.54) is 36.8 Å². The number of allylic oxidation sites excluding steroid dienone is 1. The second kappa shape index (κ2) is 9.74. The van der Waals surface area contributed by atoms with Crippen molar-refractivity contribution < 1.29 is 14.3 Å². The van der Waals surface area contributed by atoms with Crippen molar-refractivity contribution in [3.05, 3.63) is 77.0 Å². The van der Waals surface area contributed by atoms with Gasteiger partial charge in [0.2, 0.25) is 5.91 Å². The fourth-order valence-corrected chi connectivity index (χ4v) is 6.58. The molecule has 0 aromatic heterocycles. The van der Waals surface area contributed by atoms with Gasteiger partial charge in [0.05, 0.1) is 6.61 Å². The Kier molecular flexibility index (Phi) is 6.30. The molecule has 6 nitrogen and oxygen atoms in total. The number of nitrogens with one attached hydrogen (secondary N) is 2. The first-order chi connectivity index (χ1) is 17.6. The van der Waals surface area contributed by atoms with E-state index in [0.717, 1.165) is 48.4 Å². The molecule has 2 unspecified atom stereocenters. The normalized spacial score (nSPS) is 27.8. The quantitative estimate of drug-likeness (QED) is 0.647. The van der Waals surface area contributed by atoms with Crippen LogP contribution in [0.5, 0.6) is 5.75 Å². The molecule has 2 fully saturated rings. The predicted molar refractivity (Wildman–Crippen MR) is 139 cm³/mol. The number of rotatable bonds is 5. The smallest absolute Gasteiger partial charge is 0.255 e. The molecule has 0 radical (unpaired) electrons. The first-order valence-corrected chi connectivity index (χ1v) is 13.5. The van der Waals surface area contributed by atoms with Gasteiger partial charge in [-0.3, -0.25) is 9.59 Å². The summed E-state index contributed by atoms with van der Waals surface area (Å²) in [6.07, 6.45) is 8.32. The van der Waals surface area contributed by atoms with Gasteiger partial charge in [0.15, 0.2) is 0 Å². The summed E-state index contributed by atoms with van der Waals surface area (Å²) in [5.41, 5.74) is 5.10. The van der Waals surface area contributed by atoms with Crippen molar-refractivity contribution in [1.29, 1.82) is 0 Å². The summed E-state index contributed by atoms with van der Waals surface area (Å²) in [6, 6.07) is 15.1. The van der Waals surface area contributed by atoms with E-state index in [4.69, 9.17) is 4.74 Å². The van der Waals surface area contributed by atoms with Crippen LogP contribution in [-0.2, 0) is 17.8 Å². The summed E-state index contributed by atoms with van der Waals surface area (Å²) in [5, 5.41) is 6.83. The highest BCUT2D eigenvalue weighted by Crippen LogP contribution is 2.36. The van der Waals surface area contributed by atoms with Crippen molar-refractivity contribution in [2.45, 2.75) is 76.0 Å². The van der Waals surface area contributed by atoms with Gasteiger partial charge < -0.3 is 20.3 Å². The summed E-state index contributed by atoms with van der Waals surface area (Å²) in [7, 11) is 0. The van der Waals surface area contributed by atoms with E-state index in [1.54, 1.807) is 4.90 Å². The minimum atomic E-state index is -0.409. The first-order valence-electron chi connectivity index (χ1n) is 13.5. The van der Waals surface area contributed by atoms with Crippen LogP contribution in [0.1, 0.15) is 78.0 Å². The molecular formula is C30H35N3O3. The van der Waals surface area contributed by atoms with Crippen LogP contribution in [0.2, 0.25) is 0 Å². The van der Waals surface area contributed by atoms with Gasteiger partial charge in [0.25, 0.3) is 5.91 Å². The molecule has 36 heavy (non-hydrogen) atoms. The van der Waals surface area contributed by atoms with E-state index in [1.807, 2.05) is 12.1 Å². The van der Waals surface area contributed by atoms with Crippen molar-refractivity contribution in [2.75, 3.05) is 6.61 Å². The summed E-state index contributed by atoms with van der Waals surface area (Å²) in [6.45, 7) is 5.13. The fourth-order valence-electron chi connectivity index (χ4n) is 6.58. The average molecular weight is 486 g/mol. The molecule has 1 saturated heterocycles. The number of hydrogen-bond donors (Lipinski definition) is 2. The van der Waals surface area contributed by atoms with Gasteiger partial charge in [-0.1, -0.05) is 49.8 Å². The number of nitrogens with zero attached hydrogens (tertiary/aromatic N) is 1. The number of para-hydroxylation sites is 1. The number of carbonyl (C=O) groups is 2. The molecule has 2 amide bonds. The van der Waals surface area contributed by atoms with Gasteiger partial charge in [0.1, 0.15) is 11.8 Å². The molecule has 6 rings (SSSR count). The Morgan fingerprint density at radius 1 is 1.06 bits per heavy atom. The van der Waals surface area contributed by atoms with Crippen LogP contribution in [0, 0.1) is 5.92 Å². The molecule has 2 N–H and O–H groups in total. The van der Waals surface area contributed by atoms with Crippen LogP contribution in [0.15, 0.2) is 54.7 Å². The average Bonchev–Trinajstić information content (AvgIpc) is 3.21. The standard InChI is InChI=1S/C30H35N3O3/c1-19-10-13-27(29(34)31-19)33-18-22-17-20(11-12-23(22)30(33)35)16-21-6-2-4-8-25(21)32-26-14-15-36-28-9-5-3-7-24(26)28/h3,5,7,9,11-12,17,21,25-27,32H,1-2,4,6,8,10,13-16,18H2,(H,31,34)/t21-,25+,26?,27?/m1/s1. The minimum absolute atomic E-state index is 0.0281. The summed E-state index contributed by atoms with van der Waals surface area (Å²) in [4.78, 5) is 27.4. The summed E-state index contributed by atoms with van der Waals surface area (Å²) in [5.74, 6) is 1.44. The number of ether oxygens (including phenoxy) is 1. The molecular weight excluding hydrogens is 450 g/mol. The maximum Gasteiger partial charge on any atom is 0.255 e. The number of hydrogen-bond acceptors (Lipinski definition) is 4. The zero-order valence-corrected chi connectivity index (χ0v) is 20.8. The van der Waals surface area contributed by atoms with Gasteiger partial charge in [0, 0.05) is 41.9 Å². The number of carbonyl (C=O) groups excluding carboxylic acids is 2. The molecule has 6 heteroatoms. The zero-order chi connectivity index (χ0) is 24.6. The lowest BCUT2D eigenvalue weighted by atomic mass is 9.79. The Morgan fingerprint density at radius 3 is 2.81 bits per heavy atom. The number of fused-ring (bicyclic) bond motifs is 2. The number of benzene rings is 2. The van der Waals surface area contributed by atoms with Crippen LogP contribution >= 0.6 is 0 Å². The molecule has 2 aromatic rings. The molecule has 0 bridgehead atoms. The molecule has 3 aliphatic heterocycles. The fraction of sp³-hybridized carbons (Fsp3) is 0.467. The highest BCUT2D eigenvalue weighted by Gasteiger charge is 2.38. The molecule has 4 atom stereocenters. The number of piperidine rings is 1. The van der Waals surface area contributed by atoms with Crippen molar-refractivity contribution in [3.63, 3.8) is 0 Å².